The summed E-state index contributed by atoms with van der Waals surface area (Å²) in [5.41, 5.74) is 6.96. The number of hydrogen-bond donors (Lipinski definition) is 1. The standard InChI is InChI=1S/C14H13F2NO/c1-18-11-6-7-12(13(16)8-11)14(17)9-2-4-10(15)5-3-9/h2-8,14H,17H2,1H3. The van der Waals surface area contributed by atoms with Crippen LogP contribution in [0.25, 0.3) is 0 Å². The zero-order valence-electron chi connectivity index (χ0n) is 9.86. The molecule has 0 aliphatic heterocycles. The van der Waals surface area contributed by atoms with E-state index in [1.54, 1.807) is 24.3 Å². The van der Waals surface area contributed by atoms with Crippen LogP contribution in [0.3, 0.4) is 0 Å². The van der Waals surface area contributed by atoms with Crippen molar-refractivity contribution in [3.05, 3.63) is 65.2 Å². The Morgan fingerprint density at radius 3 is 2.28 bits per heavy atom. The number of methoxy groups -OCH3 is 1. The summed E-state index contributed by atoms with van der Waals surface area (Å²) >= 11 is 0. The van der Waals surface area contributed by atoms with Crippen LogP contribution in [-0.2, 0) is 0 Å². The average molecular weight is 249 g/mol. The lowest BCUT2D eigenvalue weighted by molar-refractivity contribution is 0.410. The Labute approximate surface area is 104 Å². The van der Waals surface area contributed by atoms with Gasteiger partial charge in [0.2, 0.25) is 0 Å². The number of rotatable bonds is 3. The summed E-state index contributed by atoms with van der Waals surface area (Å²) in [6.07, 6.45) is 0. The minimum atomic E-state index is -0.628. The maximum absolute atomic E-state index is 13.8. The molecule has 0 heterocycles. The Hall–Kier alpha value is -1.94. The first-order chi connectivity index (χ1) is 8.61. The fraction of sp³-hybridized carbons (Fsp3) is 0.143. The maximum Gasteiger partial charge on any atom is 0.132 e. The topological polar surface area (TPSA) is 35.2 Å². The second-order valence-corrected chi connectivity index (χ2v) is 3.92. The number of hydrogen-bond acceptors (Lipinski definition) is 2. The first-order valence-electron chi connectivity index (χ1n) is 5.46. The Morgan fingerprint density at radius 2 is 1.72 bits per heavy atom. The van der Waals surface area contributed by atoms with E-state index in [2.05, 4.69) is 0 Å². The molecule has 18 heavy (non-hydrogen) atoms. The van der Waals surface area contributed by atoms with E-state index >= 15 is 0 Å². The molecular formula is C14H13F2NO. The molecule has 0 aromatic heterocycles. The molecule has 2 aromatic carbocycles. The fourth-order valence-corrected chi connectivity index (χ4v) is 1.74. The summed E-state index contributed by atoms with van der Waals surface area (Å²) in [6.45, 7) is 0. The molecule has 0 amide bonds. The smallest absolute Gasteiger partial charge is 0.132 e. The summed E-state index contributed by atoms with van der Waals surface area (Å²) in [7, 11) is 1.47. The minimum absolute atomic E-state index is 0.346. The predicted molar refractivity (Wildman–Crippen MR) is 65.4 cm³/mol. The first kappa shape index (κ1) is 12.5. The molecule has 0 spiro atoms. The summed E-state index contributed by atoms with van der Waals surface area (Å²) in [5.74, 6) is -0.352. The van der Waals surface area contributed by atoms with E-state index in [-0.39, 0.29) is 5.82 Å². The van der Waals surface area contributed by atoms with Gasteiger partial charge in [-0.2, -0.15) is 0 Å². The van der Waals surface area contributed by atoms with Gasteiger partial charge >= 0.3 is 0 Å². The van der Waals surface area contributed by atoms with Gasteiger partial charge in [0, 0.05) is 11.6 Å². The van der Waals surface area contributed by atoms with Crippen molar-refractivity contribution in [2.45, 2.75) is 6.04 Å². The fourth-order valence-electron chi connectivity index (χ4n) is 1.74. The van der Waals surface area contributed by atoms with E-state index < -0.39 is 11.9 Å². The highest BCUT2D eigenvalue weighted by Gasteiger charge is 2.14. The van der Waals surface area contributed by atoms with Crippen molar-refractivity contribution in [2.24, 2.45) is 5.73 Å². The van der Waals surface area contributed by atoms with Crippen LogP contribution >= 0.6 is 0 Å². The molecule has 0 aliphatic carbocycles. The molecule has 0 bridgehead atoms. The van der Waals surface area contributed by atoms with Gasteiger partial charge in [-0.3, -0.25) is 0 Å². The van der Waals surface area contributed by atoms with Gasteiger partial charge in [0.05, 0.1) is 13.2 Å². The molecule has 2 N–H and O–H groups in total. The monoisotopic (exact) mass is 249 g/mol. The quantitative estimate of drug-likeness (QED) is 0.907. The Morgan fingerprint density at radius 1 is 1.06 bits per heavy atom. The van der Waals surface area contributed by atoms with E-state index in [4.69, 9.17) is 10.5 Å². The van der Waals surface area contributed by atoms with Gasteiger partial charge in [-0.05, 0) is 23.8 Å². The lowest BCUT2D eigenvalue weighted by atomic mass is 9.99. The van der Waals surface area contributed by atoms with Crippen LogP contribution in [0.15, 0.2) is 42.5 Å². The van der Waals surface area contributed by atoms with Crippen LogP contribution in [0.2, 0.25) is 0 Å². The molecule has 0 radical (unpaired) electrons. The zero-order chi connectivity index (χ0) is 13.1. The van der Waals surface area contributed by atoms with Gasteiger partial charge in [-0.1, -0.05) is 18.2 Å². The van der Waals surface area contributed by atoms with Crippen LogP contribution < -0.4 is 10.5 Å². The summed E-state index contributed by atoms with van der Waals surface area (Å²) < 4.78 is 31.5. The van der Waals surface area contributed by atoms with Crippen molar-refractivity contribution in [1.82, 2.24) is 0 Å². The predicted octanol–water partition coefficient (Wildman–Crippen LogP) is 3.02. The van der Waals surface area contributed by atoms with E-state index in [0.29, 0.717) is 16.9 Å². The highest BCUT2D eigenvalue weighted by atomic mass is 19.1. The molecule has 0 saturated carbocycles. The SMILES string of the molecule is COc1ccc(C(N)c2ccc(F)cc2)c(F)c1. The van der Waals surface area contributed by atoms with Gasteiger partial charge in [-0.15, -0.1) is 0 Å². The second kappa shape index (κ2) is 5.14. The van der Waals surface area contributed by atoms with Crippen molar-refractivity contribution >= 4 is 0 Å². The van der Waals surface area contributed by atoms with Gasteiger partial charge < -0.3 is 10.5 Å². The molecule has 94 valence electrons. The van der Waals surface area contributed by atoms with Crippen LogP contribution in [-0.4, -0.2) is 7.11 Å². The van der Waals surface area contributed by atoms with E-state index in [1.165, 1.54) is 25.3 Å². The van der Waals surface area contributed by atoms with E-state index in [0.717, 1.165) is 0 Å². The molecule has 0 aliphatic rings. The molecule has 2 nitrogen and oxygen atoms in total. The molecular weight excluding hydrogens is 236 g/mol. The van der Waals surface area contributed by atoms with Crippen LogP contribution in [0, 0.1) is 11.6 Å². The summed E-state index contributed by atoms with van der Waals surface area (Å²) in [4.78, 5) is 0. The Bertz CT molecular complexity index is 540. The van der Waals surface area contributed by atoms with Crippen molar-refractivity contribution < 1.29 is 13.5 Å². The number of halogens is 2. The van der Waals surface area contributed by atoms with Crippen LogP contribution in [0.5, 0.6) is 5.75 Å². The van der Waals surface area contributed by atoms with Gasteiger partial charge in [0.1, 0.15) is 17.4 Å². The molecule has 2 rings (SSSR count). The molecule has 1 atom stereocenters. The lowest BCUT2D eigenvalue weighted by Crippen LogP contribution is -2.13. The molecule has 1 unspecified atom stereocenters. The molecule has 0 saturated heterocycles. The third kappa shape index (κ3) is 2.49. The van der Waals surface area contributed by atoms with Gasteiger partial charge in [0.15, 0.2) is 0 Å². The third-order valence-electron chi connectivity index (χ3n) is 2.77. The van der Waals surface area contributed by atoms with Gasteiger partial charge in [-0.25, -0.2) is 8.78 Å². The summed E-state index contributed by atoms with van der Waals surface area (Å²) in [6, 6.07) is 9.56. The molecule has 2 aromatic rings. The highest BCUT2D eigenvalue weighted by molar-refractivity contribution is 5.36. The van der Waals surface area contributed by atoms with Crippen molar-refractivity contribution in [2.75, 3.05) is 7.11 Å². The lowest BCUT2D eigenvalue weighted by Gasteiger charge is -2.14. The first-order valence-corrected chi connectivity index (χ1v) is 5.46. The van der Waals surface area contributed by atoms with Crippen molar-refractivity contribution in [3.63, 3.8) is 0 Å². The van der Waals surface area contributed by atoms with E-state index in [9.17, 15) is 8.78 Å². The van der Waals surface area contributed by atoms with Gasteiger partial charge in [0.25, 0.3) is 0 Å². The highest BCUT2D eigenvalue weighted by Crippen LogP contribution is 2.25. The van der Waals surface area contributed by atoms with Crippen molar-refractivity contribution in [3.8, 4) is 5.75 Å². The summed E-state index contributed by atoms with van der Waals surface area (Å²) in [5, 5.41) is 0. The maximum atomic E-state index is 13.8. The minimum Gasteiger partial charge on any atom is -0.497 e. The third-order valence-corrected chi connectivity index (χ3v) is 2.77. The van der Waals surface area contributed by atoms with Crippen molar-refractivity contribution in [1.29, 1.82) is 0 Å². The number of ether oxygens (including phenoxy) is 1. The normalized spacial score (nSPS) is 12.2. The Kier molecular flexibility index (Phi) is 3.58. The molecule has 4 heteroatoms. The van der Waals surface area contributed by atoms with Crippen LogP contribution in [0.1, 0.15) is 17.2 Å². The number of benzene rings is 2. The average Bonchev–Trinajstić information content (AvgIpc) is 2.38. The van der Waals surface area contributed by atoms with E-state index in [1.807, 2.05) is 0 Å². The zero-order valence-corrected chi connectivity index (χ0v) is 9.86. The molecule has 0 fully saturated rings. The van der Waals surface area contributed by atoms with Crippen LogP contribution in [0.4, 0.5) is 8.78 Å². The number of nitrogens with two attached hydrogens (primary N) is 1. The largest absolute Gasteiger partial charge is 0.497 e. The Balaban J connectivity index is 2.33. The second-order valence-electron chi connectivity index (χ2n) is 3.92.